The molecule has 3 aromatic heterocycles. The van der Waals surface area contributed by atoms with E-state index in [4.69, 9.17) is 0 Å². The molecule has 0 aliphatic rings. The molecule has 0 saturated carbocycles. The molecule has 90 valence electrons. The van der Waals surface area contributed by atoms with Crippen LogP contribution >= 0.6 is 0 Å². The number of pyridine rings is 1. The predicted octanol–water partition coefficient (Wildman–Crippen LogP) is 1.03. The Morgan fingerprint density at radius 3 is 2.72 bits per heavy atom. The Morgan fingerprint density at radius 2 is 2.00 bits per heavy atom. The Balaban J connectivity index is 2.35. The summed E-state index contributed by atoms with van der Waals surface area (Å²) in [6.45, 7) is 1.80. The predicted molar refractivity (Wildman–Crippen MR) is 67.1 cm³/mol. The monoisotopic (exact) mass is 241 g/mol. The van der Waals surface area contributed by atoms with E-state index in [-0.39, 0.29) is 5.56 Å². The molecule has 0 aliphatic heterocycles. The van der Waals surface area contributed by atoms with Crippen LogP contribution in [0.25, 0.3) is 22.4 Å². The Kier molecular flexibility index (Phi) is 2.22. The summed E-state index contributed by atoms with van der Waals surface area (Å²) in [7, 11) is 1.78. The number of aromatic amines is 1. The van der Waals surface area contributed by atoms with Gasteiger partial charge in [0.05, 0.1) is 5.69 Å². The van der Waals surface area contributed by atoms with E-state index in [1.165, 1.54) is 0 Å². The lowest BCUT2D eigenvalue weighted by Crippen LogP contribution is -2.10. The standard InChI is InChI=1S/C12H11N5O/c1-7-9-11(17(2)16-7)14-10(15-12(9)18)8-3-5-13-6-4-8/h3-6H,1-2H3,(H,14,15,18). The fourth-order valence-electron chi connectivity index (χ4n) is 1.99. The third-order valence-corrected chi connectivity index (χ3v) is 2.82. The van der Waals surface area contributed by atoms with E-state index in [9.17, 15) is 4.79 Å². The van der Waals surface area contributed by atoms with Gasteiger partial charge in [-0.3, -0.25) is 9.78 Å². The zero-order valence-corrected chi connectivity index (χ0v) is 10.0. The maximum atomic E-state index is 12.0. The zero-order valence-electron chi connectivity index (χ0n) is 10.0. The van der Waals surface area contributed by atoms with Crippen molar-refractivity contribution in [3.8, 4) is 11.4 Å². The van der Waals surface area contributed by atoms with E-state index < -0.39 is 0 Å². The van der Waals surface area contributed by atoms with E-state index in [2.05, 4.69) is 20.1 Å². The van der Waals surface area contributed by atoms with Crippen LogP contribution in [-0.4, -0.2) is 24.7 Å². The van der Waals surface area contributed by atoms with Crippen molar-refractivity contribution in [2.24, 2.45) is 7.05 Å². The van der Waals surface area contributed by atoms with Gasteiger partial charge in [0.25, 0.3) is 5.56 Å². The van der Waals surface area contributed by atoms with Crippen molar-refractivity contribution in [1.82, 2.24) is 24.7 Å². The Labute approximate surface area is 102 Å². The van der Waals surface area contributed by atoms with Crippen molar-refractivity contribution in [3.05, 3.63) is 40.6 Å². The summed E-state index contributed by atoms with van der Waals surface area (Å²) in [6, 6.07) is 3.60. The van der Waals surface area contributed by atoms with E-state index in [1.807, 2.05) is 0 Å². The highest BCUT2D eigenvalue weighted by Crippen LogP contribution is 2.16. The molecule has 0 atom stereocenters. The molecule has 0 amide bonds. The van der Waals surface area contributed by atoms with Crippen molar-refractivity contribution in [3.63, 3.8) is 0 Å². The van der Waals surface area contributed by atoms with Gasteiger partial charge in [0.2, 0.25) is 0 Å². The van der Waals surface area contributed by atoms with Crippen LogP contribution in [0.1, 0.15) is 5.69 Å². The molecule has 0 aliphatic carbocycles. The molecular formula is C12H11N5O. The molecule has 3 rings (SSSR count). The largest absolute Gasteiger partial charge is 0.306 e. The Morgan fingerprint density at radius 1 is 1.28 bits per heavy atom. The second-order valence-corrected chi connectivity index (χ2v) is 4.06. The molecule has 6 nitrogen and oxygen atoms in total. The van der Waals surface area contributed by atoms with Crippen LogP contribution in [0, 0.1) is 6.92 Å². The summed E-state index contributed by atoms with van der Waals surface area (Å²) >= 11 is 0. The third kappa shape index (κ3) is 1.50. The Hall–Kier alpha value is -2.50. The molecule has 0 radical (unpaired) electrons. The van der Waals surface area contributed by atoms with Gasteiger partial charge < -0.3 is 4.98 Å². The summed E-state index contributed by atoms with van der Waals surface area (Å²) in [6.07, 6.45) is 3.32. The summed E-state index contributed by atoms with van der Waals surface area (Å²) in [4.78, 5) is 23.2. The van der Waals surface area contributed by atoms with Gasteiger partial charge in [0, 0.05) is 25.0 Å². The number of hydrogen-bond acceptors (Lipinski definition) is 4. The normalized spacial score (nSPS) is 11.0. The number of rotatable bonds is 1. The minimum absolute atomic E-state index is 0.169. The summed E-state index contributed by atoms with van der Waals surface area (Å²) in [5, 5.41) is 4.74. The lowest BCUT2D eigenvalue weighted by molar-refractivity contribution is 0.773. The van der Waals surface area contributed by atoms with Crippen molar-refractivity contribution in [1.29, 1.82) is 0 Å². The number of hydrogen-bond donors (Lipinski definition) is 1. The van der Waals surface area contributed by atoms with Crippen LogP contribution < -0.4 is 5.56 Å². The van der Waals surface area contributed by atoms with Gasteiger partial charge in [0.1, 0.15) is 11.2 Å². The first-order valence-corrected chi connectivity index (χ1v) is 5.51. The SMILES string of the molecule is Cc1nn(C)c2nc(-c3ccncc3)[nH]c(=O)c12. The molecule has 0 unspecified atom stereocenters. The molecule has 0 saturated heterocycles. The summed E-state index contributed by atoms with van der Waals surface area (Å²) in [5.41, 5.74) is 1.92. The minimum Gasteiger partial charge on any atom is -0.306 e. The van der Waals surface area contributed by atoms with Crippen molar-refractivity contribution in [2.45, 2.75) is 6.92 Å². The molecule has 0 spiro atoms. The van der Waals surface area contributed by atoms with Gasteiger partial charge in [-0.25, -0.2) is 9.67 Å². The van der Waals surface area contributed by atoms with Gasteiger partial charge in [-0.1, -0.05) is 0 Å². The fourth-order valence-corrected chi connectivity index (χ4v) is 1.99. The first kappa shape index (κ1) is 10.6. The van der Waals surface area contributed by atoms with Crippen LogP contribution in [0.3, 0.4) is 0 Å². The number of H-pyrrole nitrogens is 1. The summed E-state index contributed by atoms with van der Waals surface area (Å²) in [5.74, 6) is 0.526. The van der Waals surface area contributed by atoms with Crippen LogP contribution in [0.5, 0.6) is 0 Å². The van der Waals surface area contributed by atoms with Crippen molar-refractivity contribution >= 4 is 11.0 Å². The van der Waals surface area contributed by atoms with Crippen LogP contribution in [0.4, 0.5) is 0 Å². The van der Waals surface area contributed by atoms with Gasteiger partial charge in [0.15, 0.2) is 5.65 Å². The van der Waals surface area contributed by atoms with Gasteiger partial charge in [-0.15, -0.1) is 0 Å². The Bertz CT molecular complexity index is 772. The first-order valence-electron chi connectivity index (χ1n) is 5.51. The lowest BCUT2D eigenvalue weighted by atomic mass is 10.2. The molecule has 1 N–H and O–H groups in total. The number of nitrogens with zero attached hydrogens (tertiary/aromatic N) is 4. The number of aromatic nitrogens is 5. The molecule has 0 bridgehead atoms. The minimum atomic E-state index is -0.169. The van der Waals surface area contributed by atoms with Gasteiger partial charge in [-0.2, -0.15) is 5.10 Å². The molecule has 3 aromatic rings. The fraction of sp³-hybridized carbons (Fsp3) is 0.167. The second-order valence-electron chi connectivity index (χ2n) is 4.06. The molecule has 18 heavy (non-hydrogen) atoms. The van der Waals surface area contributed by atoms with Gasteiger partial charge in [-0.05, 0) is 19.1 Å². The smallest absolute Gasteiger partial charge is 0.262 e. The maximum absolute atomic E-state index is 12.0. The quantitative estimate of drug-likeness (QED) is 0.690. The molecular weight excluding hydrogens is 230 g/mol. The van der Waals surface area contributed by atoms with Crippen LogP contribution in [0.2, 0.25) is 0 Å². The third-order valence-electron chi connectivity index (χ3n) is 2.82. The highest BCUT2D eigenvalue weighted by Gasteiger charge is 2.12. The van der Waals surface area contributed by atoms with Crippen LogP contribution in [0.15, 0.2) is 29.3 Å². The maximum Gasteiger partial charge on any atom is 0.262 e. The molecule has 6 heteroatoms. The highest BCUT2D eigenvalue weighted by molar-refractivity contribution is 5.78. The van der Waals surface area contributed by atoms with E-state index in [1.54, 1.807) is 43.2 Å². The van der Waals surface area contributed by atoms with Crippen molar-refractivity contribution in [2.75, 3.05) is 0 Å². The first-order chi connectivity index (χ1) is 8.66. The average Bonchev–Trinajstić information content (AvgIpc) is 2.66. The van der Waals surface area contributed by atoms with E-state index >= 15 is 0 Å². The van der Waals surface area contributed by atoms with Crippen LogP contribution in [-0.2, 0) is 7.05 Å². The molecule has 0 aromatic carbocycles. The topological polar surface area (TPSA) is 76.5 Å². The summed E-state index contributed by atoms with van der Waals surface area (Å²) < 4.78 is 1.62. The van der Waals surface area contributed by atoms with Gasteiger partial charge >= 0.3 is 0 Å². The number of fused-ring (bicyclic) bond motifs is 1. The highest BCUT2D eigenvalue weighted by atomic mass is 16.1. The van der Waals surface area contributed by atoms with E-state index in [0.29, 0.717) is 22.6 Å². The molecule has 3 heterocycles. The van der Waals surface area contributed by atoms with E-state index in [0.717, 1.165) is 5.56 Å². The van der Waals surface area contributed by atoms with Crippen molar-refractivity contribution < 1.29 is 0 Å². The lowest BCUT2D eigenvalue weighted by Gasteiger charge is -2.00. The number of aryl methyl sites for hydroxylation is 2. The number of nitrogens with one attached hydrogen (secondary N) is 1. The zero-order chi connectivity index (χ0) is 12.7. The molecule has 0 fully saturated rings. The second kappa shape index (κ2) is 3.76. The average molecular weight is 241 g/mol.